The quantitative estimate of drug-likeness (QED) is 0.540. The average molecular weight is 332 g/mol. The summed E-state index contributed by atoms with van der Waals surface area (Å²) in [6, 6.07) is 5.34. The standard InChI is InChI=1S/C12H12BrClN2O2/c1-7-6-15(12(14)18)11-5-9(13)3-4-10(11)16(7)8(2)17/h3-5,7H,6H2,1-2H3/t7-/m0/s1. The minimum Gasteiger partial charge on any atom is -0.306 e. The van der Waals surface area contributed by atoms with Crippen LogP contribution in [0.25, 0.3) is 0 Å². The first-order valence-electron chi connectivity index (χ1n) is 5.48. The second kappa shape index (κ2) is 4.90. The SMILES string of the molecule is CC(=O)N1c2ccc(Br)cc2N(C(=O)Cl)C[C@@H]1C. The summed E-state index contributed by atoms with van der Waals surface area (Å²) in [5, 5.41) is -0.538. The van der Waals surface area contributed by atoms with Crippen molar-refractivity contribution in [2.75, 3.05) is 16.3 Å². The highest BCUT2D eigenvalue weighted by Crippen LogP contribution is 2.38. The zero-order chi connectivity index (χ0) is 13.4. The largest absolute Gasteiger partial charge is 0.320 e. The van der Waals surface area contributed by atoms with Crippen molar-refractivity contribution in [1.29, 1.82) is 0 Å². The van der Waals surface area contributed by atoms with Crippen molar-refractivity contribution < 1.29 is 9.59 Å². The van der Waals surface area contributed by atoms with Crippen LogP contribution in [0.3, 0.4) is 0 Å². The van der Waals surface area contributed by atoms with Crippen molar-refractivity contribution in [2.45, 2.75) is 19.9 Å². The number of anilines is 2. The maximum absolute atomic E-state index is 11.7. The molecule has 0 spiro atoms. The van der Waals surface area contributed by atoms with Crippen LogP contribution in [0.5, 0.6) is 0 Å². The Hall–Kier alpha value is -1.07. The van der Waals surface area contributed by atoms with Crippen molar-refractivity contribution in [3.05, 3.63) is 22.7 Å². The van der Waals surface area contributed by atoms with Crippen molar-refractivity contribution in [1.82, 2.24) is 0 Å². The van der Waals surface area contributed by atoms with Gasteiger partial charge >= 0.3 is 5.37 Å². The number of nitrogens with zero attached hydrogens (tertiary/aromatic N) is 2. The Morgan fingerprint density at radius 3 is 2.61 bits per heavy atom. The Morgan fingerprint density at radius 2 is 2.06 bits per heavy atom. The lowest BCUT2D eigenvalue weighted by Gasteiger charge is -2.39. The minimum absolute atomic E-state index is 0.0484. The molecule has 0 N–H and O–H groups in total. The van der Waals surface area contributed by atoms with E-state index in [-0.39, 0.29) is 11.9 Å². The van der Waals surface area contributed by atoms with Crippen LogP contribution in [0.4, 0.5) is 16.2 Å². The molecule has 0 saturated heterocycles. The van der Waals surface area contributed by atoms with E-state index in [1.165, 1.54) is 11.8 Å². The van der Waals surface area contributed by atoms with Gasteiger partial charge < -0.3 is 4.90 Å². The maximum atomic E-state index is 11.7. The number of benzene rings is 1. The smallest absolute Gasteiger partial charge is 0.306 e. The Bertz CT molecular complexity index is 521. The number of rotatable bonds is 0. The van der Waals surface area contributed by atoms with Gasteiger partial charge in [-0.1, -0.05) is 15.9 Å². The molecular formula is C12H12BrClN2O2. The van der Waals surface area contributed by atoms with Gasteiger partial charge in [-0.2, -0.15) is 0 Å². The van der Waals surface area contributed by atoms with Gasteiger partial charge in [0.15, 0.2) is 0 Å². The number of carbonyl (C=O) groups excluding carboxylic acids is 2. The fourth-order valence-electron chi connectivity index (χ4n) is 2.24. The van der Waals surface area contributed by atoms with Crippen molar-refractivity contribution in [2.24, 2.45) is 0 Å². The highest BCUT2D eigenvalue weighted by molar-refractivity contribution is 9.10. The first-order chi connectivity index (χ1) is 8.41. The second-order valence-corrected chi connectivity index (χ2v) is 5.47. The molecule has 0 bridgehead atoms. The zero-order valence-corrected chi connectivity index (χ0v) is 12.3. The van der Waals surface area contributed by atoms with Gasteiger partial charge in [-0.15, -0.1) is 0 Å². The topological polar surface area (TPSA) is 40.6 Å². The number of hydrogen-bond donors (Lipinski definition) is 0. The fourth-order valence-corrected chi connectivity index (χ4v) is 2.75. The van der Waals surface area contributed by atoms with E-state index in [1.54, 1.807) is 11.0 Å². The molecule has 4 nitrogen and oxygen atoms in total. The Balaban J connectivity index is 2.59. The van der Waals surface area contributed by atoms with Crippen LogP contribution in [0.1, 0.15) is 13.8 Å². The molecule has 6 heteroatoms. The average Bonchev–Trinajstić information content (AvgIpc) is 2.27. The van der Waals surface area contributed by atoms with Crippen molar-refractivity contribution >= 4 is 50.2 Å². The molecule has 0 unspecified atom stereocenters. The molecule has 0 aromatic heterocycles. The highest BCUT2D eigenvalue weighted by atomic mass is 79.9. The molecule has 1 aromatic rings. The minimum atomic E-state index is -0.538. The lowest BCUT2D eigenvalue weighted by Crippen LogP contribution is -2.50. The zero-order valence-electron chi connectivity index (χ0n) is 9.98. The predicted molar refractivity (Wildman–Crippen MR) is 75.4 cm³/mol. The van der Waals surface area contributed by atoms with E-state index in [9.17, 15) is 9.59 Å². The second-order valence-electron chi connectivity index (χ2n) is 4.23. The van der Waals surface area contributed by atoms with Gasteiger partial charge in [0.1, 0.15) is 0 Å². The fraction of sp³-hybridized carbons (Fsp3) is 0.333. The van der Waals surface area contributed by atoms with Crippen LogP contribution in [0.2, 0.25) is 0 Å². The van der Waals surface area contributed by atoms with Gasteiger partial charge in [-0.3, -0.25) is 14.5 Å². The van der Waals surface area contributed by atoms with Gasteiger partial charge in [0.2, 0.25) is 5.91 Å². The summed E-state index contributed by atoms with van der Waals surface area (Å²) in [4.78, 5) is 26.3. The lowest BCUT2D eigenvalue weighted by molar-refractivity contribution is -0.117. The lowest BCUT2D eigenvalue weighted by atomic mass is 10.1. The number of hydrogen-bond acceptors (Lipinski definition) is 2. The van der Waals surface area contributed by atoms with E-state index in [2.05, 4.69) is 15.9 Å². The summed E-state index contributed by atoms with van der Waals surface area (Å²) < 4.78 is 0.835. The Morgan fingerprint density at radius 1 is 1.39 bits per heavy atom. The van der Waals surface area contributed by atoms with E-state index < -0.39 is 5.37 Å². The summed E-state index contributed by atoms with van der Waals surface area (Å²) in [6.45, 7) is 3.80. The molecule has 0 saturated carbocycles. The summed E-state index contributed by atoms with van der Waals surface area (Å²) in [6.07, 6.45) is 0. The van der Waals surface area contributed by atoms with Gasteiger partial charge in [-0.05, 0) is 36.7 Å². The molecule has 2 amide bonds. The molecular weight excluding hydrogens is 320 g/mol. The van der Waals surface area contributed by atoms with Crippen molar-refractivity contribution in [3.8, 4) is 0 Å². The molecule has 1 aromatic carbocycles. The predicted octanol–water partition coefficient (Wildman–Crippen LogP) is 3.37. The van der Waals surface area contributed by atoms with Gasteiger partial charge in [0.05, 0.1) is 17.4 Å². The molecule has 1 aliphatic rings. The normalized spacial score (nSPS) is 18.6. The number of halogens is 2. The van der Waals surface area contributed by atoms with E-state index in [4.69, 9.17) is 11.6 Å². The highest BCUT2D eigenvalue weighted by Gasteiger charge is 2.32. The van der Waals surface area contributed by atoms with E-state index in [0.717, 1.165) is 4.47 Å². The number of amides is 2. The van der Waals surface area contributed by atoms with Crippen LogP contribution in [-0.4, -0.2) is 23.9 Å². The molecule has 0 radical (unpaired) electrons. The van der Waals surface area contributed by atoms with Gasteiger partial charge in [0.25, 0.3) is 0 Å². The van der Waals surface area contributed by atoms with Crippen LogP contribution in [0.15, 0.2) is 22.7 Å². The third-order valence-corrected chi connectivity index (χ3v) is 3.62. The molecule has 18 heavy (non-hydrogen) atoms. The molecule has 1 atom stereocenters. The summed E-state index contributed by atoms with van der Waals surface area (Å²) in [7, 11) is 0. The van der Waals surface area contributed by atoms with Crippen molar-refractivity contribution in [3.63, 3.8) is 0 Å². The maximum Gasteiger partial charge on any atom is 0.320 e. The van der Waals surface area contributed by atoms with Crippen LogP contribution in [0, 0.1) is 0 Å². The first kappa shape index (κ1) is 13.4. The van der Waals surface area contributed by atoms with E-state index in [0.29, 0.717) is 17.9 Å². The summed E-state index contributed by atoms with van der Waals surface area (Å²) >= 11 is 8.95. The van der Waals surface area contributed by atoms with Crippen LogP contribution < -0.4 is 9.80 Å². The van der Waals surface area contributed by atoms with Crippen LogP contribution >= 0.6 is 27.5 Å². The Kier molecular flexibility index (Phi) is 3.64. The molecule has 1 aliphatic heterocycles. The number of carbonyl (C=O) groups is 2. The molecule has 0 fully saturated rings. The van der Waals surface area contributed by atoms with Gasteiger partial charge in [0, 0.05) is 17.9 Å². The third kappa shape index (κ3) is 2.24. The summed E-state index contributed by atoms with van der Waals surface area (Å²) in [5.74, 6) is -0.0484. The monoisotopic (exact) mass is 330 g/mol. The molecule has 1 heterocycles. The molecule has 96 valence electrons. The molecule has 2 rings (SSSR count). The summed E-state index contributed by atoms with van der Waals surface area (Å²) in [5.41, 5.74) is 1.36. The van der Waals surface area contributed by atoms with Crippen LogP contribution in [-0.2, 0) is 4.79 Å². The van der Waals surface area contributed by atoms with E-state index >= 15 is 0 Å². The molecule has 0 aliphatic carbocycles. The first-order valence-corrected chi connectivity index (χ1v) is 6.65. The third-order valence-electron chi connectivity index (χ3n) is 2.93. The number of fused-ring (bicyclic) bond motifs is 1. The van der Waals surface area contributed by atoms with Gasteiger partial charge in [-0.25, -0.2) is 0 Å². The Labute approximate surface area is 119 Å². The van der Waals surface area contributed by atoms with E-state index in [1.807, 2.05) is 19.1 Å².